The number of urea groups is 1. The molecule has 1 aliphatic heterocycles. The molecule has 1 aromatic heterocycles. The summed E-state index contributed by atoms with van der Waals surface area (Å²) in [6.45, 7) is 5.86. The Morgan fingerprint density at radius 1 is 1.21 bits per heavy atom. The molecule has 1 aromatic carbocycles. The number of benzene rings is 1. The molecule has 0 aliphatic carbocycles. The summed E-state index contributed by atoms with van der Waals surface area (Å²) in [7, 11) is 0.462. The van der Waals surface area contributed by atoms with Crippen molar-refractivity contribution in [3.05, 3.63) is 53.6 Å². The van der Waals surface area contributed by atoms with E-state index in [9.17, 15) is 14.0 Å². The van der Waals surface area contributed by atoms with Crippen LogP contribution in [0.4, 0.5) is 20.6 Å². The van der Waals surface area contributed by atoms with E-state index in [0.29, 0.717) is 19.6 Å². The quantitative estimate of drug-likeness (QED) is 0.588. The number of amides is 2. The zero-order valence-electron chi connectivity index (χ0n) is 15.8. The summed E-state index contributed by atoms with van der Waals surface area (Å²) in [4.78, 5) is 31.2. The van der Waals surface area contributed by atoms with Crippen LogP contribution in [0.3, 0.4) is 0 Å². The van der Waals surface area contributed by atoms with Crippen LogP contribution in [-0.2, 0) is 11.3 Å². The molecule has 1 saturated heterocycles. The van der Waals surface area contributed by atoms with Gasteiger partial charge in [0.15, 0.2) is 0 Å². The van der Waals surface area contributed by atoms with Crippen LogP contribution in [-0.4, -0.2) is 60.5 Å². The lowest BCUT2D eigenvalue weighted by atomic mass is 9.93. The molecule has 0 unspecified atom stereocenters. The van der Waals surface area contributed by atoms with Crippen LogP contribution in [0.5, 0.6) is 0 Å². The fourth-order valence-corrected chi connectivity index (χ4v) is 3.09. The van der Waals surface area contributed by atoms with Crippen LogP contribution >= 0.6 is 0 Å². The van der Waals surface area contributed by atoms with Crippen molar-refractivity contribution >= 4 is 31.0 Å². The van der Waals surface area contributed by atoms with Crippen molar-refractivity contribution in [2.75, 3.05) is 36.8 Å². The van der Waals surface area contributed by atoms with E-state index in [1.807, 2.05) is 6.92 Å². The maximum atomic E-state index is 14.1. The number of aromatic nitrogens is 1. The maximum absolute atomic E-state index is 14.1. The molecule has 2 amide bonds. The number of hydrogen-bond donors (Lipinski definition) is 2. The van der Waals surface area contributed by atoms with Crippen molar-refractivity contribution in [1.82, 2.24) is 14.7 Å². The number of nitrogens with one attached hydrogen (secondary N) is 2. The highest BCUT2D eigenvalue weighted by molar-refractivity contribution is 6.64. The van der Waals surface area contributed by atoms with E-state index in [-0.39, 0.29) is 5.69 Å². The summed E-state index contributed by atoms with van der Waals surface area (Å²) in [5.41, 5.74) is 2.43. The number of pyridine rings is 1. The van der Waals surface area contributed by atoms with Gasteiger partial charge in [0.1, 0.15) is 5.82 Å². The van der Waals surface area contributed by atoms with Crippen LogP contribution in [0.25, 0.3) is 0 Å². The number of rotatable bonds is 6. The largest absolute Gasteiger partial charge is 0.336 e. The summed E-state index contributed by atoms with van der Waals surface area (Å²) in [6, 6.07) is 7.73. The Hall–Kier alpha value is -2.78. The minimum absolute atomic E-state index is 0.134. The molecule has 2 N–H and O–H groups in total. The Labute approximate surface area is 164 Å². The summed E-state index contributed by atoms with van der Waals surface area (Å²) < 4.78 is 14.1. The molecule has 0 saturated carbocycles. The van der Waals surface area contributed by atoms with Gasteiger partial charge in [-0.25, -0.2) is 9.18 Å². The van der Waals surface area contributed by atoms with E-state index in [1.54, 1.807) is 30.5 Å². The molecule has 7 nitrogen and oxygen atoms in total. The van der Waals surface area contributed by atoms with Gasteiger partial charge in [0.2, 0.25) is 0 Å². The molecule has 0 atom stereocenters. The topological polar surface area (TPSA) is 77.6 Å². The third-order valence-corrected chi connectivity index (χ3v) is 4.65. The molecule has 0 radical (unpaired) electrons. The molecule has 9 heteroatoms. The molecule has 0 spiro atoms. The van der Waals surface area contributed by atoms with Crippen molar-refractivity contribution in [2.45, 2.75) is 13.5 Å². The maximum Gasteiger partial charge on any atom is 0.323 e. The summed E-state index contributed by atoms with van der Waals surface area (Å²) in [5.74, 6) is -0.489. The second-order valence-electron chi connectivity index (χ2n) is 6.83. The lowest BCUT2D eigenvalue weighted by molar-refractivity contribution is 0.183. The number of hydrogen-bond acceptors (Lipinski definition) is 5. The van der Waals surface area contributed by atoms with Gasteiger partial charge in [0.25, 0.3) is 7.41 Å². The van der Waals surface area contributed by atoms with Crippen LogP contribution in [0.15, 0.2) is 36.5 Å². The first-order valence-corrected chi connectivity index (χ1v) is 9.21. The van der Waals surface area contributed by atoms with Crippen molar-refractivity contribution < 1.29 is 14.0 Å². The van der Waals surface area contributed by atoms with E-state index in [1.165, 1.54) is 6.07 Å². The minimum atomic E-state index is -0.524. The molecule has 1 aliphatic rings. The lowest BCUT2D eigenvalue weighted by Gasteiger charge is -2.33. The van der Waals surface area contributed by atoms with Crippen LogP contribution in [0.2, 0.25) is 0 Å². The second kappa shape index (κ2) is 9.43. The first-order valence-electron chi connectivity index (χ1n) is 9.21. The smallest absolute Gasteiger partial charge is 0.323 e. The Bertz CT molecular complexity index is 826. The third kappa shape index (κ3) is 5.61. The van der Waals surface area contributed by atoms with Gasteiger partial charge in [0.05, 0.1) is 23.8 Å². The molecule has 3 rings (SSSR count). The number of nitrogens with zero attached hydrogens (tertiary/aromatic N) is 3. The van der Waals surface area contributed by atoms with E-state index in [0.717, 1.165) is 43.6 Å². The van der Waals surface area contributed by atoms with Crippen LogP contribution < -0.4 is 10.6 Å². The number of anilines is 2. The molecule has 146 valence electrons. The average Bonchev–Trinajstić information content (AvgIpc) is 2.68. The van der Waals surface area contributed by atoms with E-state index >= 15 is 0 Å². The Morgan fingerprint density at radius 3 is 2.68 bits per heavy atom. The summed E-state index contributed by atoms with van der Waals surface area (Å²) >= 11 is 0. The number of carbonyl (C=O) groups is 2. The fraction of sp³-hybridized carbons (Fsp3) is 0.316. The predicted molar refractivity (Wildman–Crippen MR) is 109 cm³/mol. The monoisotopic (exact) mass is 383 g/mol. The Balaban J connectivity index is 1.57. The normalized spacial score (nSPS) is 15.1. The van der Waals surface area contributed by atoms with Gasteiger partial charge in [-0.1, -0.05) is 6.07 Å². The Morgan fingerprint density at radius 2 is 2.00 bits per heavy atom. The van der Waals surface area contributed by atoms with Gasteiger partial charge >= 0.3 is 6.03 Å². The van der Waals surface area contributed by atoms with Gasteiger partial charge in [-0.15, -0.1) is 0 Å². The minimum Gasteiger partial charge on any atom is -0.336 e. The number of aryl methyl sites for hydroxylation is 1. The standard InChI is InChI=1S/C19H23BFN5O2/c1-14-2-4-16(11-22-14)23-19(28)24-18-10-15(3-5-17(18)21)12-25-6-8-26(9-7-25)20-13-27/h2-5,10-11,13,20H,6-9,12H2,1H3,(H2,23,24,28). The molecule has 28 heavy (non-hydrogen) atoms. The highest BCUT2D eigenvalue weighted by atomic mass is 19.1. The number of carbonyl (C=O) groups excluding carboxylic acids is 2. The van der Waals surface area contributed by atoms with Gasteiger partial charge in [-0.2, -0.15) is 0 Å². The third-order valence-electron chi connectivity index (χ3n) is 4.65. The molecule has 2 aromatic rings. The summed E-state index contributed by atoms with van der Waals surface area (Å²) in [5, 5.41) is 5.20. The van der Waals surface area contributed by atoms with E-state index < -0.39 is 11.8 Å². The van der Waals surface area contributed by atoms with Crippen LogP contribution in [0, 0.1) is 12.7 Å². The van der Waals surface area contributed by atoms with Crippen molar-refractivity contribution in [3.63, 3.8) is 0 Å². The molecular formula is C19H23BFN5O2. The highest BCUT2D eigenvalue weighted by Crippen LogP contribution is 2.19. The van der Waals surface area contributed by atoms with Gasteiger partial charge < -0.3 is 20.2 Å². The van der Waals surface area contributed by atoms with Crippen molar-refractivity contribution in [2.24, 2.45) is 0 Å². The van der Waals surface area contributed by atoms with Crippen LogP contribution in [0.1, 0.15) is 11.3 Å². The molecular weight excluding hydrogens is 360 g/mol. The first-order chi connectivity index (χ1) is 13.5. The van der Waals surface area contributed by atoms with E-state index in [2.05, 4.69) is 25.3 Å². The second-order valence-corrected chi connectivity index (χ2v) is 6.83. The first kappa shape index (κ1) is 20.0. The summed E-state index contributed by atoms with van der Waals surface area (Å²) in [6.07, 6.45) is 2.47. The van der Waals surface area contributed by atoms with Crippen molar-refractivity contribution in [1.29, 1.82) is 0 Å². The number of halogens is 1. The van der Waals surface area contributed by atoms with Gasteiger partial charge in [-0.05, 0) is 36.8 Å². The zero-order valence-corrected chi connectivity index (χ0v) is 15.8. The molecule has 0 bridgehead atoms. The highest BCUT2D eigenvalue weighted by Gasteiger charge is 2.17. The molecule has 1 fully saturated rings. The lowest BCUT2D eigenvalue weighted by Crippen LogP contribution is -2.47. The van der Waals surface area contributed by atoms with Gasteiger partial charge in [0, 0.05) is 38.4 Å². The predicted octanol–water partition coefficient (Wildman–Crippen LogP) is 1.83. The SMILES string of the molecule is Cc1ccc(NC(=O)Nc2cc(CN3CCN(BC=O)CC3)ccc2F)cn1. The Kier molecular flexibility index (Phi) is 6.73. The molecule has 2 heterocycles. The number of piperazine rings is 1. The zero-order chi connectivity index (χ0) is 19.9. The van der Waals surface area contributed by atoms with Crippen molar-refractivity contribution in [3.8, 4) is 0 Å². The average molecular weight is 383 g/mol. The van der Waals surface area contributed by atoms with E-state index in [4.69, 9.17) is 0 Å². The van der Waals surface area contributed by atoms with Gasteiger partial charge in [-0.3, -0.25) is 9.88 Å². The fourth-order valence-electron chi connectivity index (χ4n) is 3.09.